The number of β-lactam (4-membered cyclic amide) rings is 1. The zero-order valence-corrected chi connectivity index (χ0v) is 15.7. The van der Waals surface area contributed by atoms with Crippen molar-refractivity contribution in [3.8, 4) is 5.75 Å². The van der Waals surface area contributed by atoms with Crippen LogP contribution in [0, 0.1) is 0 Å². The minimum Gasteiger partial charge on any atom is -0.486 e. The molecule has 1 amide bonds. The van der Waals surface area contributed by atoms with Crippen LogP contribution in [0.25, 0.3) is 0 Å². The van der Waals surface area contributed by atoms with Gasteiger partial charge in [-0.3, -0.25) is 9.79 Å². The molecule has 0 bridgehead atoms. The van der Waals surface area contributed by atoms with Gasteiger partial charge in [0.1, 0.15) is 28.9 Å². The molecule has 2 heterocycles. The SMILES string of the molecule is COC(=O)[C@@H]1N2C(=O)[C@@H](N=C(Cl)COc3ccccc3)[C@H]2SC1(C)C. The lowest BCUT2D eigenvalue weighted by atomic mass is 9.96. The van der Waals surface area contributed by atoms with Crippen molar-refractivity contribution >= 4 is 40.4 Å². The van der Waals surface area contributed by atoms with E-state index in [1.54, 1.807) is 4.90 Å². The van der Waals surface area contributed by atoms with Crippen molar-refractivity contribution in [3.63, 3.8) is 0 Å². The lowest BCUT2D eigenvalue weighted by molar-refractivity contribution is -0.160. The average molecular weight is 383 g/mol. The number of nitrogens with zero attached hydrogens (tertiary/aromatic N) is 2. The number of fused-ring (bicyclic) bond motifs is 1. The third kappa shape index (κ3) is 3.35. The summed E-state index contributed by atoms with van der Waals surface area (Å²) in [7, 11) is 1.33. The molecule has 8 heteroatoms. The van der Waals surface area contributed by atoms with Gasteiger partial charge in [0.25, 0.3) is 5.91 Å². The summed E-state index contributed by atoms with van der Waals surface area (Å²) in [5.74, 6) is 0.0603. The van der Waals surface area contributed by atoms with E-state index in [1.807, 2.05) is 44.2 Å². The molecule has 1 aromatic rings. The smallest absolute Gasteiger partial charge is 0.330 e. The van der Waals surface area contributed by atoms with Crippen LogP contribution in [-0.4, -0.2) is 57.9 Å². The van der Waals surface area contributed by atoms with E-state index < -0.39 is 22.8 Å². The van der Waals surface area contributed by atoms with E-state index >= 15 is 0 Å². The van der Waals surface area contributed by atoms with Crippen LogP contribution in [0.15, 0.2) is 35.3 Å². The zero-order chi connectivity index (χ0) is 18.2. The predicted octanol–water partition coefficient (Wildman–Crippen LogP) is 2.31. The number of halogens is 1. The van der Waals surface area contributed by atoms with Gasteiger partial charge in [0.2, 0.25) is 0 Å². The molecular weight excluding hydrogens is 364 g/mol. The molecule has 2 aliphatic rings. The number of methoxy groups -OCH3 is 1. The Kier molecular flexibility index (Phi) is 4.97. The molecule has 0 aromatic heterocycles. The summed E-state index contributed by atoms with van der Waals surface area (Å²) in [6.45, 7) is 3.94. The first-order chi connectivity index (χ1) is 11.8. The Morgan fingerprint density at radius 3 is 2.68 bits per heavy atom. The molecule has 2 fully saturated rings. The maximum Gasteiger partial charge on any atom is 0.330 e. The molecule has 0 aliphatic carbocycles. The third-order valence-corrected chi connectivity index (χ3v) is 5.98. The van der Waals surface area contributed by atoms with E-state index in [1.165, 1.54) is 18.9 Å². The van der Waals surface area contributed by atoms with E-state index in [4.69, 9.17) is 21.1 Å². The first kappa shape index (κ1) is 18.1. The van der Waals surface area contributed by atoms with Crippen molar-refractivity contribution in [3.05, 3.63) is 30.3 Å². The number of hydrogen-bond donors (Lipinski definition) is 0. The normalized spacial score (nSPS) is 27.5. The summed E-state index contributed by atoms with van der Waals surface area (Å²) >= 11 is 7.68. The van der Waals surface area contributed by atoms with E-state index in [2.05, 4.69) is 4.99 Å². The molecule has 0 unspecified atom stereocenters. The molecule has 0 saturated carbocycles. The number of ether oxygens (including phenoxy) is 2. The van der Waals surface area contributed by atoms with Gasteiger partial charge >= 0.3 is 5.97 Å². The van der Waals surface area contributed by atoms with E-state index in [0.29, 0.717) is 5.75 Å². The highest BCUT2D eigenvalue weighted by Gasteiger charge is 2.64. The molecule has 3 rings (SSSR count). The Bertz CT molecular complexity index is 710. The fourth-order valence-corrected chi connectivity index (χ4v) is 4.82. The van der Waals surface area contributed by atoms with Gasteiger partial charge in [-0.1, -0.05) is 29.8 Å². The second-order valence-corrected chi connectivity index (χ2v) is 8.54. The molecule has 3 atom stereocenters. The predicted molar refractivity (Wildman–Crippen MR) is 97.1 cm³/mol. The van der Waals surface area contributed by atoms with Crippen LogP contribution < -0.4 is 4.74 Å². The van der Waals surface area contributed by atoms with Crippen LogP contribution in [0.3, 0.4) is 0 Å². The van der Waals surface area contributed by atoms with Gasteiger partial charge < -0.3 is 14.4 Å². The second kappa shape index (κ2) is 6.88. The van der Waals surface area contributed by atoms with Gasteiger partial charge in [-0.25, -0.2) is 4.79 Å². The average Bonchev–Trinajstić information content (AvgIpc) is 2.86. The summed E-state index contributed by atoms with van der Waals surface area (Å²) in [6.07, 6.45) is 0. The Morgan fingerprint density at radius 2 is 2.04 bits per heavy atom. The number of thioether (sulfide) groups is 1. The molecule has 6 nitrogen and oxygen atoms in total. The van der Waals surface area contributed by atoms with Gasteiger partial charge in [-0.15, -0.1) is 11.8 Å². The summed E-state index contributed by atoms with van der Waals surface area (Å²) in [4.78, 5) is 30.4. The Hall–Kier alpha value is -1.73. The first-order valence-corrected chi connectivity index (χ1v) is 9.09. The summed E-state index contributed by atoms with van der Waals surface area (Å²) < 4.78 is 9.94. The second-order valence-electron chi connectivity index (χ2n) is 6.33. The van der Waals surface area contributed by atoms with E-state index in [9.17, 15) is 9.59 Å². The molecule has 25 heavy (non-hydrogen) atoms. The maximum atomic E-state index is 12.5. The lowest BCUT2D eigenvalue weighted by Crippen LogP contribution is -2.65. The molecule has 1 aromatic carbocycles. The van der Waals surface area contributed by atoms with E-state index in [0.717, 1.165) is 0 Å². The number of benzene rings is 1. The summed E-state index contributed by atoms with van der Waals surface area (Å²) in [6, 6.07) is 8.04. The lowest BCUT2D eigenvalue weighted by Gasteiger charge is -2.41. The van der Waals surface area contributed by atoms with Gasteiger partial charge in [-0.2, -0.15) is 0 Å². The number of aliphatic imine (C=N–C) groups is 1. The first-order valence-electron chi connectivity index (χ1n) is 7.83. The van der Waals surface area contributed by atoms with Crippen LogP contribution >= 0.6 is 23.4 Å². The maximum absolute atomic E-state index is 12.5. The molecular formula is C17H19ClN2O4S. The van der Waals surface area contributed by atoms with Crippen molar-refractivity contribution in [1.82, 2.24) is 4.90 Å². The standard InChI is InChI=1S/C17H19ClN2O4S/c1-17(2)13(16(22)23-3)20-14(21)12(15(20)25-17)19-11(18)9-24-10-7-5-4-6-8-10/h4-8,12-13,15H,9H2,1-3H3/t12-,13+,15-/m1/s1. The van der Waals surface area contributed by atoms with Crippen LogP contribution in [0.1, 0.15) is 13.8 Å². The fourth-order valence-electron chi connectivity index (χ4n) is 3.05. The summed E-state index contributed by atoms with van der Waals surface area (Å²) in [5, 5.41) is 0.0128. The van der Waals surface area contributed by atoms with Gasteiger partial charge in [0.15, 0.2) is 6.04 Å². The molecule has 0 radical (unpaired) electrons. The molecule has 2 saturated heterocycles. The highest BCUT2D eigenvalue weighted by Crippen LogP contribution is 2.51. The largest absolute Gasteiger partial charge is 0.486 e. The van der Waals surface area contributed by atoms with Crippen molar-refractivity contribution in [1.29, 1.82) is 0 Å². The molecule has 0 spiro atoms. The van der Waals surface area contributed by atoms with Crippen LogP contribution in [-0.2, 0) is 14.3 Å². The van der Waals surface area contributed by atoms with Gasteiger partial charge in [0, 0.05) is 4.75 Å². The Labute approximate surface area is 155 Å². The number of hydrogen-bond acceptors (Lipinski definition) is 6. The minimum atomic E-state index is -0.606. The highest BCUT2D eigenvalue weighted by atomic mass is 35.5. The summed E-state index contributed by atoms with van der Waals surface area (Å²) in [5.41, 5.74) is 0. The number of carbonyl (C=O) groups excluding carboxylic acids is 2. The Morgan fingerprint density at radius 1 is 1.36 bits per heavy atom. The number of amides is 1. The number of rotatable bonds is 5. The van der Waals surface area contributed by atoms with Crippen molar-refractivity contribution in [2.45, 2.75) is 36.1 Å². The van der Waals surface area contributed by atoms with E-state index in [-0.39, 0.29) is 23.1 Å². The Balaban J connectivity index is 1.67. The minimum absolute atomic E-state index is 0.0938. The topological polar surface area (TPSA) is 68.2 Å². The quantitative estimate of drug-likeness (QED) is 0.444. The van der Waals surface area contributed by atoms with Crippen molar-refractivity contribution in [2.75, 3.05) is 13.7 Å². The number of esters is 1. The number of para-hydroxylation sites is 1. The van der Waals surface area contributed by atoms with Crippen molar-refractivity contribution < 1.29 is 19.1 Å². The highest BCUT2D eigenvalue weighted by molar-refractivity contribution is 8.01. The zero-order valence-electron chi connectivity index (χ0n) is 14.1. The number of carbonyl (C=O) groups is 2. The molecule has 2 aliphatic heterocycles. The molecule has 0 N–H and O–H groups in total. The van der Waals surface area contributed by atoms with Crippen LogP contribution in [0.5, 0.6) is 5.75 Å². The van der Waals surface area contributed by atoms with Crippen LogP contribution in [0.4, 0.5) is 0 Å². The molecule has 134 valence electrons. The van der Waals surface area contributed by atoms with Crippen LogP contribution in [0.2, 0.25) is 0 Å². The fraction of sp³-hybridized carbons (Fsp3) is 0.471. The van der Waals surface area contributed by atoms with Crippen molar-refractivity contribution in [2.24, 2.45) is 4.99 Å². The monoisotopic (exact) mass is 382 g/mol. The van der Waals surface area contributed by atoms with Gasteiger partial charge in [-0.05, 0) is 26.0 Å². The third-order valence-electron chi connectivity index (χ3n) is 4.22. The van der Waals surface area contributed by atoms with Gasteiger partial charge in [0.05, 0.1) is 7.11 Å².